The van der Waals surface area contributed by atoms with Crippen molar-refractivity contribution in [1.29, 1.82) is 0 Å². The summed E-state index contributed by atoms with van der Waals surface area (Å²) in [6, 6.07) is 9.51. The molecule has 1 heterocycles. The number of carbonyl (C=O) groups is 1. The lowest BCUT2D eigenvalue weighted by Crippen LogP contribution is -2.09. The van der Waals surface area contributed by atoms with Crippen LogP contribution in [0.4, 0.5) is 0 Å². The Balaban J connectivity index is 0.00000180. The summed E-state index contributed by atoms with van der Waals surface area (Å²) in [6.07, 6.45) is 2.02. The van der Waals surface area contributed by atoms with Crippen LogP contribution in [0.15, 0.2) is 36.5 Å². The summed E-state index contributed by atoms with van der Waals surface area (Å²) in [6.45, 7) is 2.51. The lowest BCUT2D eigenvalue weighted by atomic mass is 10.2. The molecule has 0 atom stereocenters. The standard InChI is InChI=1S/C14H15NO3.BrH/c1-2-17-14(16)7-9-18-12-5-6-13-11(10-12)4-3-8-15-13;/h3-6,8,10H,2,7,9H2,1H3;1H. The molecule has 0 radical (unpaired) electrons. The molecular weight excluding hydrogens is 310 g/mol. The summed E-state index contributed by atoms with van der Waals surface area (Å²) >= 11 is 0. The maximum atomic E-state index is 11.1. The number of aromatic nitrogens is 1. The van der Waals surface area contributed by atoms with Crippen LogP contribution in [-0.2, 0) is 9.53 Å². The molecule has 1 aromatic heterocycles. The molecule has 102 valence electrons. The Morgan fingerprint density at radius 3 is 2.95 bits per heavy atom. The molecule has 0 aliphatic carbocycles. The van der Waals surface area contributed by atoms with Gasteiger partial charge in [-0.05, 0) is 31.2 Å². The number of carbonyl (C=O) groups excluding carboxylic acids is 1. The van der Waals surface area contributed by atoms with Gasteiger partial charge in [0, 0.05) is 11.6 Å². The quantitative estimate of drug-likeness (QED) is 0.792. The minimum Gasteiger partial charge on any atom is -0.493 e. The average Bonchev–Trinajstić information content (AvgIpc) is 2.39. The topological polar surface area (TPSA) is 48.4 Å². The van der Waals surface area contributed by atoms with Crippen molar-refractivity contribution >= 4 is 33.9 Å². The van der Waals surface area contributed by atoms with Gasteiger partial charge in [0.25, 0.3) is 0 Å². The van der Waals surface area contributed by atoms with Gasteiger partial charge in [-0.15, -0.1) is 17.0 Å². The number of rotatable bonds is 5. The second kappa shape index (κ2) is 7.74. The van der Waals surface area contributed by atoms with Gasteiger partial charge in [0.2, 0.25) is 0 Å². The number of ether oxygens (including phenoxy) is 2. The van der Waals surface area contributed by atoms with Crippen LogP contribution in [0.5, 0.6) is 5.75 Å². The molecular formula is C14H16BrNO3. The molecule has 4 nitrogen and oxygen atoms in total. The fourth-order valence-electron chi connectivity index (χ4n) is 1.63. The van der Waals surface area contributed by atoms with E-state index in [1.807, 2.05) is 30.3 Å². The minimum absolute atomic E-state index is 0. The first-order chi connectivity index (χ1) is 8.79. The zero-order chi connectivity index (χ0) is 12.8. The zero-order valence-corrected chi connectivity index (χ0v) is 12.4. The smallest absolute Gasteiger partial charge is 0.309 e. The van der Waals surface area contributed by atoms with Crippen molar-refractivity contribution in [3.05, 3.63) is 36.5 Å². The third-order valence-corrected chi connectivity index (χ3v) is 2.45. The molecule has 0 aliphatic heterocycles. The van der Waals surface area contributed by atoms with Crippen LogP contribution in [0.3, 0.4) is 0 Å². The molecule has 19 heavy (non-hydrogen) atoms. The lowest BCUT2D eigenvalue weighted by Gasteiger charge is -2.06. The van der Waals surface area contributed by atoms with E-state index in [1.165, 1.54) is 0 Å². The Morgan fingerprint density at radius 2 is 2.16 bits per heavy atom. The molecule has 1 aromatic carbocycles. The highest BCUT2D eigenvalue weighted by Gasteiger charge is 2.02. The molecule has 0 amide bonds. The van der Waals surface area contributed by atoms with Gasteiger partial charge < -0.3 is 9.47 Å². The molecule has 0 unspecified atom stereocenters. The van der Waals surface area contributed by atoms with E-state index in [1.54, 1.807) is 13.1 Å². The van der Waals surface area contributed by atoms with Crippen LogP contribution in [-0.4, -0.2) is 24.2 Å². The highest BCUT2D eigenvalue weighted by Crippen LogP contribution is 2.18. The number of esters is 1. The molecule has 0 saturated carbocycles. The fourth-order valence-corrected chi connectivity index (χ4v) is 1.63. The van der Waals surface area contributed by atoms with Crippen molar-refractivity contribution < 1.29 is 14.3 Å². The third-order valence-electron chi connectivity index (χ3n) is 2.45. The first-order valence-electron chi connectivity index (χ1n) is 5.93. The van der Waals surface area contributed by atoms with E-state index in [2.05, 4.69) is 4.98 Å². The molecule has 0 N–H and O–H groups in total. The molecule has 0 fully saturated rings. The van der Waals surface area contributed by atoms with Gasteiger partial charge in [0.15, 0.2) is 0 Å². The number of halogens is 1. The maximum Gasteiger partial charge on any atom is 0.309 e. The predicted molar refractivity (Wildman–Crippen MR) is 78.8 cm³/mol. The van der Waals surface area contributed by atoms with E-state index < -0.39 is 0 Å². The van der Waals surface area contributed by atoms with Gasteiger partial charge in [0.1, 0.15) is 5.75 Å². The zero-order valence-electron chi connectivity index (χ0n) is 10.7. The van der Waals surface area contributed by atoms with Crippen molar-refractivity contribution in [1.82, 2.24) is 4.98 Å². The van der Waals surface area contributed by atoms with Crippen molar-refractivity contribution in [2.24, 2.45) is 0 Å². The molecule has 0 spiro atoms. The molecule has 0 aliphatic rings. The number of fused-ring (bicyclic) bond motifs is 1. The van der Waals surface area contributed by atoms with E-state index >= 15 is 0 Å². The second-order valence-corrected chi connectivity index (χ2v) is 3.76. The first-order valence-corrected chi connectivity index (χ1v) is 5.93. The van der Waals surface area contributed by atoms with Gasteiger partial charge >= 0.3 is 5.97 Å². The largest absolute Gasteiger partial charge is 0.493 e. The number of hydrogen-bond acceptors (Lipinski definition) is 4. The van der Waals surface area contributed by atoms with Crippen LogP contribution in [0.25, 0.3) is 10.9 Å². The number of nitrogens with zero attached hydrogens (tertiary/aromatic N) is 1. The van der Waals surface area contributed by atoms with Gasteiger partial charge in [-0.25, -0.2) is 0 Å². The number of benzene rings is 1. The summed E-state index contributed by atoms with van der Waals surface area (Å²) in [4.78, 5) is 15.4. The third kappa shape index (κ3) is 4.52. The maximum absolute atomic E-state index is 11.1. The van der Waals surface area contributed by atoms with Crippen LogP contribution < -0.4 is 4.74 Å². The van der Waals surface area contributed by atoms with Crippen molar-refractivity contribution in [2.45, 2.75) is 13.3 Å². The van der Waals surface area contributed by atoms with Crippen LogP contribution in [0.2, 0.25) is 0 Å². The second-order valence-electron chi connectivity index (χ2n) is 3.76. The SMILES string of the molecule is Br.CCOC(=O)CCOc1ccc2ncccc2c1. The summed E-state index contributed by atoms with van der Waals surface area (Å²) in [5.41, 5.74) is 0.926. The van der Waals surface area contributed by atoms with E-state index in [0.29, 0.717) is 13.2 Å². The Labute approximate surface area is 122 Å². The molecule has 0 bridgehead atoms. The van der Waals surface area contributed by atoms with Gasteiger partial charge in [0.05, 0.1) is 25.2 Å². The van der Waals surface area contributed by atoms with Crippen LogP contribution in [0, 0.1) is 0 Å². The normalized spacial score (nSPS) is 9.74. The predicted octanol–water partition coefficient (Wildman–Crippen LogP) is 3.14. The van der Waals surface area contributed by atoms with Crippen LogP contribution in [0.1, 0.15) is 13.3 Å². The van der Waals surface area contributed by atoms with E-state index in [9.17, 15) is 4.79 Å². The van der Waals surface area contributed by atoms with Crippen molar-refractivity contribution in [3.63, 3.8) is 0 Å². The minimum atomic E-state index is -0.236. The molecule has 2 rings (SSSR count). The summed E-state index contributed by atoms with van der Waals surface area (Å²) < 4.78 is 10.3. The van der Waals surface area contributed by atoms with Crippen molar-refractivity contribution in [2.75, 3.05) is 13.2 Å². The summed E-state index contributed by atoms with van der Waals surface area (Å²) in [7, 11) is 0. The fraction of sp³-hybridized carbons (Fsp3) is 0.286. The van der Waals surface area contributed by atoms with Gasteiger partial charge in [-0.2, -0.15) is 0 Å². The van der Waals surface area contributed by atoms with Gasteiger partial charge in [-0.3, -0.25) is 9.78 Å². The van der Waals surface area contributed by atoms with Crippen LogP contribution >= 0.6 is 17.0 Å². The Morgan fingerprint density at radius 1 is 1.32 bits per heavy atom. The molecule has 5 heteroatoms. The van der Waals surface area contributed by atoms with E-state index in [0.717, 1.165) is 16.7 Å². The number of hydrogen-bond donors (Lipinski definition) is 0. The van der Waals surface area contributed by atoms with Gasteiger partial charge in [-0.1, -0.05) is 6.07 Å². The van der Waals surface area contributed by atoms with E-state index in [-0.39, 0.29) is 29.4 Å². The van der Waals surface area contributed by atoms with E-state index in [4.69, 9.17) is 9.47 Å². The monoisotopic (exact) mass is 325 g/mol. The Hall–Kier alpha value is -1.62. The van der Waals surface area contributed by atoms with Crippen molar-refractivity contribution in [3.8, 4) is 5.75 Å². The molecule has 0 saturated heterocycles. The Bertz CT molecular complexity index is 545. The average molecular weight is 326 g/mol. The number of pyridine rings is 1. The summed E-state index contributed by atoms with van der Waals surface area (Å²) in [5.74, 6) is 0.500. The first kappa shape index (κ1) is 15.4. The lowest BCUT2D eigenvalue weighted by molar-refractivity contribution is -0.143. The highest BCUT2D eigenvalue weighted by atomic mass is 79.9. The Kier molecular flexibility index (Phi) is 6.29. The molecule has 2 aromatic rings. The highest BCUT2D eigenvalue weighted by molar-refractivity contribution is 8.93. The summed E-state index contributed by atoms with van der Waals surface area (Å²) in [5, 5.41) is 1.02.